The van der Waals surface area contributed by atoms with E-state index in [1.165, 1.54) is 25.0 Å². The highest BCUT2D eigenvalue weighted by Crippen LogP contribution is 2.58. The monoisotopic (exact) mass is 310 g/mol. The van der Waals surface area contributed by atoms with Gasteiger partial charge in [-0.15, -0.1) is 11.8 Å². The summed E-state index contributed by atoms with van der Waals surface area (Å²) in [6.45, 7) is 14.1. The van der Waals surface area contributed by atoms with Crippen LogP contribution in [-0.2, 0) is 4.74 Å². The maximum atomic E-state index is 6.73. The van der Waals surface area contributed by atoms with Gasteiger partial charge < -0.3 is 4.74 Å². The molecule has 0 aromatic carbocycles. The molecular weight excluding hydrogens is 276 g/mol. The fraction of sp³-hybridized carbons (Fsp3) is 0.895. The average Bonchev–Trinajstić information content (AvgIpc) is 3.15. The summed E-state index contributed by atoms with van der Waals surface area (Å²) in [4.78, 5) is 0. The zero-order valence-electron chi connectivity index (χ0n) is 14.8. The first-order valence-electron chi connectivity index (χ1n) is 8.82. The van der Waals surface area contributed by atoms with Crippen LogP contribution in [0.4, 0.5) is 0 Å². The molecule has 0 amide bonds. The smallest absolute Gasteiger partial charge is 0.105 e. The number of hydrogen-bond donors (Lipinski definition) is 0. The van der Waals surface area contributed by atoms with Crippen molar-refractivity contribution in [3.05, 3.63) is 12.2 Å². The molecule has 1 saturated carbocycles. The second-order valence-corrected chi connectivity index (χ2v) is 9.23. The molecule has 1 nitrogen and oxygen atoms in total. The van der Waals surface area contributed by atoms with Crippen LogP contribution < -0.4 is 0 Å². The van der Waals surface area contributed by atoms with Gasteiger partial charge in [0.15, 0.2) is 0 Å². The van der Waals surface area contributed by atoms with Crippen LogP contribution in [0.1, 0.15) is 60.8 Å². The van der Waals surface area contributed by atoms with Crippen LogP contribution in [0, 0.1) is 29.1 Å². The van der Waals surface area contributed by atoms with Gasteiger partial charge >= 0.3 is 0 Å². The Balaban J connectivity index is 2.31. The van der Waals surface area contributed by atoms with Gasteiger partial charge in [0.05, 0.1) is 6.10 Å². The average molecular weight is 311 g/mol. The molecule has 3 atom stereocenters. The summed E-state index contributed by atoms with van der Waals surface area (Å²) in [7, 11) is 0. The molecule has 122 valence electrons. The Bertz CT molecular complexity index is 355. The summed E-state index contributed by atoms with van der Waals surface area (Å²) in [6, 6.07) is 0. The van der Waals surface area contributed by atoms with E-state index < -0.39 is 0 Å². The van der Waals surface area contributed by atoms with E-state index in [2.05, 4.69) is 53.7 Å². The first-order chi connectivity index (χ1) is 9.87. The number of ether oxygens (including phenoxy) is 1. The highest BCUT2D eigenvalue weighted by molar-refractivity contribution is 7.99. The summed E-state index contributed by atoms with van der Waals surface area (Å²) in [5.41, 5.74) is 0.785. The highest BCUT2D eigenvalue weighted by Gasteiger charge is 2.52. The van der Waals surface area contributed by atoms with E-state index >= 15 is 0 Å². The summed E-state index contributed by atoms with van der Waals surface area (Å²) >= 11 is 2.01. The third-order valence-electron chi connectivity index (χ3n) is 5.07. The first kappa shape index (κ1) is 17.4. The summed E-state index contributed by atoms with van der Waals surface area (Å²) in [6.07, 6.45) is 9.30. The van der Waals surface area contributed by atoms with Crippen LogP contribution in [0.5, 0.6) is 0 Å². The summed E-state index contributed by atoms with van der Waals surface area (Å²) in [5, 5.41) is 0. The van der Waals surface area contributed by atoms with Gasteiger partial charge in [0, 0.05) is 0 Å². The number of allylic oxidation sites excluding steroid dienone is 2. The molecule has 1 fully saturated rings. The zero-order chi connectivity index (χ0) is 15.6. The van der Waals surface area contributed by atoms with E-state index in [4.69, 9.17) is 4.74 Å². The largest absolute Gasteiger partial charge is 0.364 e. The van der Waals surface area contributed by atoms with Gasteiger partial charge in [-0.3, -0.25) is 0 Å². The Labute approximate surface area is 136 Å². The van der Waals surface area contributed by atoms with Gasteiger partial charge in [0.2, 0.25) is 0 Å². The van der Waals surface area contributed by atoms with Crippen molar-refractivity contribution >= 4 is 11.8 Å². The Morgan fingerprint density at radius 2 is 1.67 bits per heavy atom. The normalized spacial score (nSPS) is 34.6. The van der Waals surface area contributed by atoms with Crippen molar-refractivity contribution in [2.24, 2.45) is 29.1 Å². The SMILES string of the molecule is CC(C)C1OC(C(C)C)C(C(C)C)C2(/C=C\CCS1)CC2. The minimum atomic E-state index is 0.348. The van der Waals surface area contributed by atoms with Crippen molar-refractivity contribution in [2.75, 3.05) is 5.75 Å². The van der Waals surface area contributed by atoms with Crippen LogP contribution in [0.25, 0.3) is 0 Å². The zero-order valence-corrected chi connectivity index (χ0v) is 15.6. The van der Waals surface area contributed by atoms with E-state index in [1.54, 1.807) is 0 Å². The Hall–Kier alpha value is 0.0500. The minimum Gasteiger partial charge on any atom is -0.364 e. The van der Waals surface area contributed by atoms with Gasteiger partial charge in [-0.2, -0.15) is 0 Å². The molecule has 2 heteroatoms. The second-order valence-electron chi connectivity index (χ2n) is 8.02. The standard InChI is InChI=1S/C19H34OS/c1-13(2)16-17(14(3)4)20-18(15(5)6)21-12-8-7-9-19(16)10-11-19/h7,9,13-18H,8,10-12H2,1-6H3/b9-7-. The maximum Gasteiger partial charge on any atom is 0.105 e. The van der Waals surface area contributed by atoms with Gasteiger partial charge in [-0.1, -0.05) is 53.7 Å². The number of thioether (sulfide) groups is 1. The lowest BCUT2D eigenvalue weighted by Crippen LogP contribution is -2.41. The van der Waals surface area contributed by atoms with E-state index in [9.17, 15) is 0 Å². The fourth-order valence-electron chi connectivity index (χ4n) is 3.90. The molecule has 21 heavy (non-hydrogen) atoms. The van der Waals surface area contributed by atoms with E-state index in [1.807, 2.05) is 11.8 Å². The van der Waals surface area contributed by atoms with Crippen molar-refractivity contribution in [3.63, 3.8) is 0 Å². The molecular formula is C19H34OS. The van der Waals surface area contributed by atoms with Crippen LogP contribution in [0.2, 0.25) is 0 Å². The molecule has 0 N–H and O–H groups in total. The van der Waals surface area contributed by atoms with Gasteiger partial charge in [-0.05, 0) is 54.1 Å². The Morgan fingerprint density at radius 3 is 2.14 bits per heavy atom. The topological polar surface area (TPSA) is 9.23 Å². The number of rotatable bonds is 3. The van der Waals surface area contributed by atoms with Crippen LogP contribution in [0.15, 0.2) is 12.2 Å². The molecule has 3 unspecified atom stereocenters. The second kappa shape index (κ2) is 7.08. The van der Waals surface area contributed by atoms with Gasteiger partial charge in [0.25, 0.3) is 0 Å². The van der Waals surface area contributed by atoms with Crippen molar-refractivity contribution in [1.29, 1.82) is 0 Å². The molecule has 2 rings (SSSR count). The van der Waals surface area contributed by atoms with E-state index in [0.29, 0.717) is 40.6 Å². The third kappa shape index (κ3) is 4.07. The third-order valence-corrected chi connectivity index (χ3v) is 6.53. The molecule has 1 spiro atoms. The van der Waals surface area contributed by atoms with Crippen LogP contribution in [0.3, 0.4) is 0 Å². The molecule has 1 aliphatic heterocycles. The molecule has 0 saturated heterocycles. The van der Waals surface area contributed by atoms with E-state index in [0.717, 1.165) is 0 Å². The van der Waals surface area contributed by atoms with Gasteiger partial charge in [-0.25, -0.2) is 0 Å². The molecule has 1 heterocycles. The minimum absolute atomic E-state index is 0.348. The first-order valence-corrected chi connectivity index (χ1v) is 9.87. The van der Waals surface area contributed by atoms with Crippen LogP contribution >= 0.6 is 11.8 Å². The molecule has 2 aliphatic rings. The lowest BCUT2D eigenvalue weighted by atomic mass is 9.73. The van der Waals surface area contributed by atoms with Crippen molar-refractivity contribution in [1.82, 2.24) is 0 Å². The lowest BCUT2D eigenvalue weighted by Gasteiger charge is -2.41. The van der Waals surface area contributed by atoms with Crippen molar-refractivity contribution < 1.29 is 4.74 Å². The van der Waals surface area contributed by atoms with Crippen molar-refractivity contribution in [3.8, 4) is 0 Å². The summed E-state index contributed by atoms with van der Waals surface area (Å²) < 4.78 is 6.73. The van der Waals surface area contributed by atoms with Crippen molar-refractivity contribution in [2.45, 2.75) is 72.3 Å². The van der Waals surface area contributed by atoms with E-state index in [-0.39, 0.29) is 0 Å². The quantitative estimate of drug-likeness (QED) is 0.613. The summed E-state index contributed by atoms with van der Waals surface area (Å²) in [5.74, 6) is 3.70. The molecule has 0 radical (unpaired) electrons. The highest BCUT2D eigenvalue weighted by atomic mass is 32.2. The predicted octanol–water partition coefficient (Wildman–Crippen LogP) is 5.76. The number of hydrogen-bond acceptors (Lipinski definition) is 2. The Kier molecular flexibility index (Phi) is 5.87. The van der Waals surface area contributed by atoms with Gasteiger partial charge in [0.1, 0.15) is 5.44 Å². The molecule has 0 aromatic heterocycles. The maximum absolute atomic E-state index is 6.73. The molecule has 0 aromatic rings. The molecule has 1 aliphatic carbocycles. The Morgan fingerprint density at radius 1 is 1.00 bits per heavy atom. The predicted molar refractivity (Wildman–Crippen MR) is 94.5 cm³/mol. The fourth-order valence-corrected chi connectivity index (χ4v) is 4.99. The van der Waals surface area contributed by atoms with Crippen LogP contribution in [-0.4, -0.2) is 17.3 Å². The lowest BCUT2D eigenvalue weighted by molar-refractivity contribution is -0.0725. The molecule has 0 bridgehead atoms.